The van der Waals surface area contributed by atoms with Crippen LogP contribution in [0.2, 0.25) is 5.02 Å². The van der Waals surface area contributed by atoms with Gasteiger partial charge in [0.15, 0.2) is 0 Å². The third kappa shape index (κ3) is 3.30. The summed E-state index contributed by atoms with van der Waals surface area (Å²) in [5.74, 6) is -3.12. The molecule has 0 amide bonds. The van der Waals surface area contributed by atoms with Gasteiger partial charge >= 0.3 is 12.1 Å². The molecule has 1 aromatic rings. The van der Waals surface area contributed by atoms with Crippen molar-refractivity contribution in [3.05, 3.63) is 28.3 Å². The van der Waals surface area contributed by atoms with Gasteiger partial charge in [-0.25, -0.2) is 0 Å². The van der Waals surface area contributed by atoms with Crippen LogP contribution in [0.4, 0.5) is 13.2 Å². The first-order valence-corrected chi connectivity index (χ1v) is 5.47. The van der Waals surface area contributed by atoms with Gasteiger partial charge in [0.1, 0.15) is 5.75 Å². The zero-order chi connectivity index (χ0) is 14.8. The van der Waals surface area contributed by atoms with Crippen molar-refractivity contribution in [3.8, 4) is 5.75 Å². The third-order valence-electron chi connectivity index (χ3n) is 2.54. The number of ether oxygens (including phenoxy) is 1. The van der Waals surface area contributed by atoms with Crippen molar-refractivity contribution in [1.82, 2.24) is 0 Å². The number of nitrogens with two attached hydrogens (primary N) is 1. The average Bonchev–Trinajstić information content (AvgIpc) is 2.28. The van der Waals surface area contributed by atoms with E-state index in [-0.39, 0.29) is 10.8 Å². The van der Waals surface area contributed by atoms with Gasteiger partial charge in [0.2, 0.25) is 0 Å². The van der Waals surface area contributed by atoms with Crippen molar-refractivity contribution in [1.29, 1.82) is 0 Å². The molecule has 3 N–H and O–H groups in total. The van der Waals surface area contributed by atoms with Crippen molar-refractivity contribution in [2.75, 3.05) is 13.7 Å². The molecule has 1 aromatic carbocycles. The van der Waals surface area contributed by atoms with Crippen molar-refractivity contribution < 1.29 is 27.8 Å². The highest BCUT2D eigenvalue weighted by atomic mass is 35.5. The fourth-order valence-electron chi connectivity index (χ4n) is 1.62. The van der Waals surface area contributed by atoms with Crippen LogP contribution < -0.4 is 10.5 Å². The van der Waals surface area contributed by atoms with Crippen LogP contribution >= 0.6 is 11.6 Å². The second-order valence-corrected chi connectivity index (χ2v) is 4.11. The molecular weight excluding hydrogens is 287 g/mol. The maximum Gasteiger partial charge on any atom is 0.416 e. The molecule has 1 rings (SSSR count). The lowest BCUT2D eigenvalue weighted by atomic mass is 9.93. The molecular formula is C11H11ClF3NO3. The number of hydrogen-bond donors (Lipinski definition) is 2. The highest BCUT2D eigenvalue weighted by Crippen LogP contribution is 2.40. The maximum absolute atomic E-state index is 12.9. The van der Waals surface area contributed by atoms with Gasteiger partial charge in [-0.2, -0.15) is 13.2 Å². The van der Waals surface area contributed by atoms with Gasteiger partial charge in [-0.05, 0) is 17.7 Å². The summed E-state index contributed by atoms with van der Waals surface area (Å²) in [6.07, 6.45) is -4.73. The Hall–Kier alpha value is -1.47. The largest absolute Gasteiger partial charge is 0.495 e. The lowest BCUT2D eigenvalue weighted by Crippen LogP contribution is -2.24. The number of aliphatic carboxylic acids is 1. The zero-order valence-corrected chi connectivity index (χ0v) is 10.5. The van der Waals surface area contributed by atoms with Crippen LogP contribution in [0.15, 0.2) is 12.1 Å². The SMILES string of the molecule is COc1cc(C(F)(F)F)c(C(CN)C(=O)O)cc1Cl. The first kappa shape index (κ1) is 15.6. The summed E-state index contributed by atoms with van der Waals surface area (Å²) in [6.45, 7) is -0.471. The van der Waals surface area contributed by atoms with E-state index in [0.717, 1.165) is 6.07 Å². The molecule has 4 nitrogen and oxygen atoms in total. The van der Waals surface area contributed by atoms with Gasteiger partial charge in [0.25, 0.3) is 0 Å². The molecule has 8 heteroatoms. The Morgan fingerprint density at radius 3 is 2.47 bits per heavy atom. The molecule has 0 aromatic heterocycles. The monoisotopic (exact) mass is 297 g/mol. The first-order valence-electron chi connectivity index (χ1n) is 5.09. The summed E-state index contributed by atoms with van der Waals surface area (Å²) in [7, 11) is 1.17. The van der Waals surface area contributed by atoms with Crippen LogP contribution in [0.3, 0.4) is 0 Å². The molecule has 0 saturated carbocycles. The normalized spacial score (nSPS) is 13.2. The smallest absolute Gasteiger partial charge is 0.416 e. The lowest BCUT2D eigenvalue weighted by molar-refractivity contribution is -0.141. The lowest BCUT2D eigenvalue weighted by Gasteiger charge is -2.19. The number of benzene rings is 1. The van der Waals surface area contributed by atoms with E-state index >= 15 is 0 Å². The van der Waals surface area contributed by atoms with Crippen LogP contribution in [0.5, 0.6) is 5.75 Å². The Labute approximate surface area is 111 Å². The summed E-state index contributed by atoms with van der Waals surface area (Å²) in [4.78, 5) is 11.0. The highest BCUT2D eigenvalue weighted by Gasteiger charge is 2.37. The number of carboxylic acids is 1. The molecule has 106 valence electrons. The number of alkyl halides is 3. The summed E-state index contributed by atoms with van der Waals surface area (Å²) >= 11 is 5.73. The molecule has 0 aliphatic carbocycles. The summed E-state index contributed by atoms with van der Waals surface area (Å²) in [6, 6.07) is 1.60. The van der Waals surface area contributed by atoms with E-state index in [1.54, 1.807) is 0 Å². The predicted molar refractivity (Wildman–Crippen MR) is 62.4 cm³/mol. The fourth-order valence-corrected chi connectivity index (χ4v) is 1.87. The van der Waals surface area contributed by atoms with Gasteiger partial charge in [0.05, 0.1) is 23.6 Å². The van der Waals surface area contributed by atoms with Crippen LogP contribution in [0.1, 0.15) is 17.0 Å². The zero-order valence-electron chi connectivity index (χ0n) is 9.79. The molecule has 0 aliphatic rings. The summed E-state index contributed by atoms with van der Waals surface area (Å²) in [5.41, 5.74) is 3.62. The fraction of sp³-hybridized carbons (Fsp3) is 0.364. The number of methoxy groups -OCH3 is 1. The van der Waals surface area contributed by atoms with Crippen molar-refractivity contribution in [3.63, 3.8) is 0 Å². The number of carboxylic acid groups (broad SMARTS) is 1. The molecule has 1 atom stereocenters. The van der Waals surface area contributed by atoms with E-state index < -0.39 is 35.7 Å². The van der Waals surface area contributed by atoms with Gasteiger partial charge < -0.3 is 15.6 Å². The number of carbonyl (C=O) groups is 1. The molecule has 0 fully saturated rings. The van der Waals surface area contributed by atoms with Crippen LogP contribution in [-0.4, -0.2) is 24.7 Å². The number of hydrogen-bond acceptors (Lipinski definition) is 3. The number of rotatable bonds is 4. The Morgan fingerprint density at radius 2 is 2.11 bits per heavy atom. The molecule has 19 heavy (non-hydrogen) atoms. The highest BCUT2D eigenvalue weighted by molar-refractivity contribution is 6.32. The Morgan fingerprint density at radius 1 is 1.53 bits per heavy atom. The molecule has 0 heterocycles. The van der Waals surface area contributed by atoms with E-state index in [1.165, 1.54) is 7.11 Å². The Kier molecular flexibility index (Phi) is 4.65. The minimum absolute atomic E-state index is 0.106. The van der Waals surface area contributed by atoms with Crippen molar-refractivity contribution in [2.45, 2.75) is 12.1 Å². The first-order chi connectivity index (χ1) is 8.72. The summed E-state index contributed by atoms with van der Waals surface area (Å²) < 4.78 is 43.5. The standard InChI is InChI=1S/C11H11ClF3NO3/c1-19-9-3-7(11(13,14)15)5(2-8(9)12)6(4-16)10(17)18/h2-3,6H,4,16H2,1H3,(H,17,18). The van der Waals surface area contributed by atoms with E-state index in [9.17, 15) is 18.0 Å². The van der Waals surface area contributed by atoms with Gasteiger partial charge in [-0.1, -0.05) is 11.6 Å². The van der Waals surface area contributed by atoms with Crippen molar-refractivity contribution >= 4 is 17.6 Å². The molecule has 1 unspecified atom stereocenters. The molecule has 0 spiro atoms. The molecule has 0 saturated heterocycles. The second kappa shape index (κ2) is 5.66. The van der Waals surface area contributed by atoms with E-state index in [1.807, 2.05) is 0 Å². The Balaban J connectivity index is 3.52. The van der Waals surface area contributed by atoms with Crippen LogP contribution in [-0.2, 0) is 11.0 Å². The topological polar surface area (TPSA) is 72.5 Å². The molecule has 0 radical (unpaired) electrons. The molecule has 0 aliphatic heterocycles. The Bertz CT molecular complexity index is 491. The van der Waals surface area contributed by atoms with Gasteiger partial charge in [-0.15, -0.1) is 0 Å². The second-order valence-electron chi connectivity index (χ2n) is 3.70. The quantitative estimate of drug-likeness (QED) is 0.895. The van der Waals surface area contributed by atoms with Crippen LogP contribution in [0, 0.1) is 0 Å². The predicted octanol–water partition coefficient (Wildman–Crippen LogP) is 2.49. The van der Waals surface area contributed by atoms with Gasteiger partial charge in [-0.3, -0.25) is 4.79 Å². The minimum Gasteiger partial charge on any atom is -0.495 e. The molecule has 0 bridgehead atoms. The minimum atomic E-state index is -4.73. The maximum atomic E-state index is 12.9. The van der Waals surface area contributed by atoms with Crippen LogP contribution in [0.25, 0.3) is 0 Å². The average molecular weight is 298 g/mol. The number of halogens is 4. The van der Waals surface area contributed by atoms with Crippen molar-refractivity contribution in [2.24, 2.45) is 5.73 Å². The third-order valence-corrected chi connectivity index (χ3v) is 2.83. The van der Waals surface area contributed by atoms with Gasteiger partial charge in [0, 0.05) is 6.54 Å². The summed E-state index contributed by atoms with van der Waals surface area (Å²) in [5, 5.41) is 8.81. The van der Waals surface area contributed by atoms with E-state index in [0.29, 0.717) is 6.07 Å². The van der Waals surface area contributed by atoms with E-state index in [4.69, 9.17) is 27.2 Å². The van der Waals surface area contributed by atoms with E-state index in [2.05, 4.69) is 0 Å².